The van der Waals surface area contributed by atoms with E-state index in [0.29, 0.717) is 179 Å². The van der Waals surface area contributed by atoms with E-state index in [1.807, 2.05) is 57.2 Å². The van der Waals surface area contributed by atoms with Gasteiger partial charge in [-0.15, -0.1) is 30.6 Å². The Morgan fingerprint density at radius 1 is 0.622 bits per heavy atom. The number of halogens is 3. The normalized spacial score (nSPS) is 13.4. The predicted octanol–water partition coefficient (Wildman–Crippen LogP) is 11.1. The summed E-state index contributed by atoms with van der Waals surface area (Å²) in [6.07, 6.45) is 5.11. The Hall–Kier alpha value is -6.26. The fourth-order valence-electron chi connectivity index (χ4n) is 9.00. The molecule has 82 heavy (non-hydrogen) atoms. The zero-order valence-electron chi connectivity index (χ0n) is 45.7. The second kappa shape index (κ2) is 27.9. The highest BCUT2D eigenvalue weighted by molar-refractivity contribution is 7.99. The summed E-state index contributed by atoms with van der Waals surface area (Å²) in [5.41, 5.74) is 4.01. The SMILES string of the molecule is CCNc1ccc(Sc2nc(OCCC(C)c3[nH]c4nc(Sc5ccc(NCCCOC)nn5)nc(OCCCCc5[nH]c6nc(Sc7ccc(N8CCC(O)CC8)nn7)nc(OCC)c6c5Cl)c4c3Cl)c3c(Cl)c(CC)[nH]c3n2)nn1. The van der Waals surface area contributed by atoms with E-state index in [-0.39, 0.29) is 18.6 Å². The highest BCUT2D eigenvalue weighted by Gasteiger charge is 2.26. The lowest BCUT2D eigenvalue weighted by Gasteiger charge is -2.30. The molecule has 0 radical (unpaired) electrons. The van der Waals surface area contributed by atoms with Crippen LogP contribution < -0.4 is 29.7 Å². The lowest BCUT2D eigenvalue weighted by Crippen LogP contribution is -2.36. The zero-order valence-corrected chi connectivity index (χ0v) is 50.4. The molecule has 1 atom stereocenters. The summed E-state index contributed by atoms with van der Waals surface area (Å²) in [6, 6.07) is 11.3. The van der Waals surface area contributed by atoms with Crippen LogP contribution in [0.4, 0.5) is 17.5 Å². The molecule has 432 valence electrons. The molecule has 10 rings (SSSR count). The molecule has 0 aliphatic carbocycles. The Bertz CT molecular complexity index is 3590. The molecule has 0 amide bonds. The lowest BCUT2D eigenvalue weighted by atomic mass is 10.0. The summed E-state index contributed by atoms with van der Waals surface area (Å²) in [7, 11) is 1.68. The fourth-order valence-corrected chi connectivity index (χ4v) is 12.1. The molecule has 1 fully saturated rings. The summed E-state index contributed by atoms with van der Waals surface area (Å²) in [4.78, 5) is 41.3. The molecule has 1 aliphatic rings. The molecule has 23 nitrogen and oxygen atoms in total. The number of aryl methyl sites for hydroxylation is 2. The van der Waals surface area contributed by atoms with E-state index >= 15 is 0 Å². The third-order valence-corrected chi connectivity index (χ3v) is 16.8. The van der Waals surface area contributed by atoms with Gasteiger partial charge >= 0.3 is 0 Å². The van der Waals surface area contributed by atoms with Crippen LogP contribution in [0.1, 0.15) is 89.2 Å². The third-order valence-electron chi connectivity index (χ3n) is 13.2. The van der Waals surface area contributed by atoms with Crippen LogP contribution in [0.15, 0.2) is 66.9 Å². The summed E-state index contributed by atoms with van der Waals surface area (Å²) in [5, 5.41) is 49.0. The van der Waals surface area contributed by atoms with Gasteiger partial charge in [-0.2, -0.15) is 15.0 Å². The van der Waals surface area contributed by atoms with Gasteiger partial charge in [-0.3, -0.25) is 0 Å². The quantitative estimate of drug-likeness (QED) is 0.0196. The number of nitrogens with zero attached hydrogens (tertiary/aromatic N) is 13. The van der Waals surface area contributed by atoms with Gasteiger partial charge < -0.3 is 54.5 Å². The van der Waals surface area contributed by atoms with E-state index in [1.54, 1.807) is 7.11 Å². The number of unbranched alkanes of at least 4 members (excludes halogenated alkanes) is 1. The van der Waals surface area contributed by atoms with Crippen LogP contribution in [0.5, 0.6) is 17.6 Å². The average molecular weight is 1230 g/mol. The number of fused-ring (bicyclic) bond motifs is 3. The molecule has 1 unspecified atom stereocenters. The zero-order chi connectivity index (χ0) is 57.1. The molecule has 6 N–H and O–H groups in total. The van der Waals surface area contributed by atoms with Crippen molar-refractivity contribution >= 4 is 121 Å². The maximum Gasteiger partial charge on any atom is 0.228 e. The van der Waals surface area contributed by atoms with Crippen LogP contribution in [-0.2, 0) is 17.6 Å². The monoisotopic (exact) mass is 1230 g/mol. The van der Waals surface area contributed by atoms with Gasteiger partial charge in [0, 0.05) is 62.9 Å². The molecule has 1 saturated heterocycles. The second-order valence-electron chi connectivity index (χ2n) is 19.0. The van der Waals surface area contributed by atoms with Crippen LogP contribution in [0.25, 0.3) is 33.1 Å². The van der Waals surface area contributed by atoms with Gasteiger partial charge in [0.1, 0.15) is 43.7 Å². The number of nitrogens with one attached hydrogen (secondary N) is 5. The molecule has 0 bridgehead atoms. The van der Waals surface area contributed by atoms with E-state index < -0.39 is 0 Å². The molecule has 10 heterocycles. The molecule has 29 heteroatoms. The van der Waals surface area contributed by atoms with E-state index in [1.165, 1.54) is 35.3 Å². The topological polar surface area (TPSA) is 286 Å². The van der Waals surface area contributed by atoms with Crippen molar-refractivity contribution in [2.45, 2.75) is 122 Å². The van der Waals surface area contributed by atoms with Gasteiger partial charge in [-0.25, -0.2) is 15.0 Å². The predicted molar refractivity (Wildman–Crippen MR) is 319 cm³/mol. The number of methoxy groups -OCH3 is 1. The number of anilines is 3. The first-order valence-electron chi connectivity index (χ1n) is 27.1. The van der Waals surface area contributed by atoms with E-state index in [0.717, 1.165) is 49.0 Å². The average Bonchev–Trinajstić information content (AvgIpc) is 4.34. The number of aromatic nitrogens is 15. The van der Waals surface area contributed by atoms with Crippen LogP contribution in [0.3, 0.4) is 0 Å². The van der Waals surface area contributed by atoms with Gasteiger partial charge in [0.25, 0.3) is 0 Å². The van der Waals surface area contributed by atoms with Crippen LogP contribution >= 0.6 is 70.1 Å². The minimum Gasteiger partial charge on any atom is -0.477 e. The minimum atomic E-state index is -0.273. The molecule has 0 saturated carbocycles. The number of piperidine rings is 1. The third kappa shape index (κ3) is 14.2. The van der Waals surface area contributed by atoms with Crippen LogP contribution in [-0.4, -0.2) is 146 Å². The van der Waals surface area contributed by atoms with Gasteiger partial charge in [0.2, 0.25) is 17.6 Å². The van der Waals surface area contributed by atoms with Crippen molar-refractivity contribution in [2.24, 2.45) is 0 Å². The summed E-state index contributed by atoms with van der Waals surface area (Å²) in [5.74, 6) is 3.01. The van der Waals surface area contributed by atoms with Crippen molar-refractivity contribution in [2.75, 3.05) is 75.2 Å². The van der Waals surface area contributed by atoms with E-state index in [4.69, 9.17) is 83.7 Å². The van der Waals surface area contributed by atoms with Crippen LogP contribution in [0, 0.1) is 0 Å². The fraction of sp³-hybridized carbons (Fsp3) is 0.434. The highest BCUT2D eigenvalue weighted by Crippen LogP contribution is 2.41. The second-order valence-corrected chi connectivity index (χ2v) is 23.1. The summed E-state index contributed by atoms with van der Waals surface area (Å²) < 4.78 is 24.1. The number of hydrogen-bond acceptors (Lipinski definition) is 23. The Morgan fingerprint density at radius 3 is 1.73 bits per heavy atom. The van der Waals surface area contributed by atoms with Crippen molar-refractivity contribution in [3.8, 4) is 17.6 Å². The highest BCUT2D eigenvalue weighted by atomic mass is 35.5. The molecular formula is C53H61Cl3N18O5S3. The van der Waals surface area contributed by atoms with Crippen molar-refractivity contribution < 1.29 is 24.1 Å². The summed E-state index contributed by atoms with van der Waals surface area (Å²) >= 11 is 25.1. The molecular weight excluding hydrogens is 1170 g/mol. The standard InChI is InChI=1S/C53H61Cl3N18O5S3/c1-6-30-41(54)38-45(59-30)62-52(80-35-16-13-32(57-7-2)68-71-35)66-49(38)79-27-21-28(4)44-43(56)40-47(61-44)64-53(81-36-17-14-33(69-72-36)58-22-11-25-76-5)67-50(40)78-26-10-9-12-31-42(55)39-46(60-31)63-51(65-48(39)77-8-3)82-37-18-15-34(70-73-37)74-23-19-29(75)20-24-74/h13-18,28-29,75H,6-12,19-27H2,1-5H3,(H,57,68)(H,58,69)(H,59,62,66)(H,60,63,65)(H,61,64,67). The summed E-state index contributed by atoms with van der Waals surface area (Å²) in [6.45, 7) is 12.5. The van der Waals surface area contributed by atoms with Crippen LogP contribution in [0.2, 0.25) is 15.1 Å². The smallest absolute Gasteiger partial charge is 0.228 e. The minimum absolute atomic E-state index is 0.143. The Labute approximate surface area is 500 Å². The number of H-pyrrole nitrogens is 3. The first-order chi connectivity index (χ1) is 40.0. The number of ether oxygens (including phenoxy) is 4. The first kappa shape index (κ1) is 58.9. The van der Waals surface area contributed by atoms with Gasteiger partial charge in [0.15, 0.2) is 21.3 Å². The van der Waals surface area contributed by atoms with Crippen molar-refractivity contribution in [1.82, 2.24) is 75.4 Å². The number of aromatic amines is 3. The maximum absolute atomic E-state index is 9.93. The van der Waals surface area contributed by atoms with E-state index in [9.17, 15) is 5.11 Å². The molecule has 0 spiro atoms. The molecule has 9 aromatic heterocycles. The van der Waals surface area contributed by atoms with Gasteiger partial charge in [0.05, 0.1) is 57.2 Å². The van der Waals surface area contributed by atoms with Gasteiger partial charge in [-0.1, -0.05) is 48.7 Å². The molecule has 1 aliphatic heterocycles. The van der Waals surface area contributed by atoms with Gasteiger partial charge in [-0.05, 0) is 137 Å². The van der Waals surface area contributed by atoms with Crippen molar-refractivity contribution in [1.29, 1.82) is 0 Å². The number of hydrogen-bond donors (Lipinski definition) is 6. The Morgan fingerprint density at radius 2 is 1.17 bits per heavy atom. The maximum atomic E-state index is 9.93. The number of aliphatic hydroxyl groups excluding tert-OH is 1. The Balaban J connectivity index is 0.833. The number of aliphatic hydroxyl groups is 1. The first-order valence-corrected chi connectivity index (χ1v) is 30.6. The molecule has 0 aromatic carbocycles. The molecule has 9 aromatic rings. The lowest BCUT2D eigenvalue weighted by molar-refractivity contribution is 0.145. The van der Waals surface area contributed by atoms with Crippen molar-refractivity contribution in [3.05, 3.63) is 68.5 Å². The Kier molecular flexibility index (Phi) is 20.0. The van der Waals surface area contributed by atoms with Crippen molar-refractivity contribution in [3.63, 3.8) is 0 Å². The largest absolute Gasteiger partial charge is 0.477 e. The van der Waals surface area contributed by atoms with E-state index in [2.05, 4.69) is 68.0 Å². The number of rotatable bonds is 28.